The zero-order valence-corrected chi connectivity index (χ0v) is 22.4. The zero-order valence-electron chi connectivity index (χ0n) is 21.6. The number of carbonyl (C=O) groups excluding carboxylic acids is 2. The molecule has 0 aliphatic carbocycles. The summed E-state index contributed by atoms with van der Waals surface area (Å²) in [5.41, 5.74) is 0. The third-order valence-corrected chi connectivity index (χ3v) is 7.82. The molecule has 0 amide bonds. The van der Waals surface area contributed by atoms with Crippen LogP contribution in [0, 0.1) is 5.92 Å². The first-order valence-electron chi connectivity index (χ1n) is 13.0. The summed E-state index contributed by atoms with van der Waals surface area (Å²) in [6.45, 7) is 6.29. The zero-order chi connectivity index (χ0) is 26.8. The Kier molecular flexibility index (Phi) is 11.3. The van der Waals surface area contributed by atoms with Crippen LogP contribution in [0.4, 0.5) is 0 Å². The molecule has 1 aromatic carbocycles. The van der Waals surface area contributed by atoms with Crippen LogP contribution in [-0.2, 0) is 38.7 Å². The molecule has 208 valence electrons. The standard InChI is InChI=1S/C20H33NO6.C6H6O3S/c1-3-25-19(22)13-21-15-9-14(20(23)26-4-2)10-16(21)12-18(11-15)27-17-5-7-24-8-6-17;7-10(8,9)6-4-2-1-3-5-6/h14-18H,3-13H2,1-2H3;1-5H,(H,7,8,9). The lowest BCUT2D eigenvalue weighted by Gasteiger charge is -2.50. The van der Waals surface area contributed by atoms with E-state index in [-0.39, 0.29) is 47.0 Å². The third kappa shape index (κ3) is 9.03. The van der Waals surface area contributed by atoms with Crippen molar-refractivity contribution in [2.45, 2.75) is 81.6 Å². The molecule has 4 rings (SSSR count). The predicted molar refractivity (Wildman–Crippen MR) is 134 cm³/mol. The van der Waals surface area contributed by atoms with E-state index < -0.39 is 10.1 Å². The number of benzene rings is 1. The van der Waals surface area contributed by atoms with Gasteiger partial charge in [0.05, 0.1) is 42.8 Å². The summed E-state index contributed by atoms with van der Waals surface area (Å²) >= 11 is 0. The van der Waals surface area contributed by atoms with E-state index in [1.165, 1.54) is 12.1 Å². The van der Waals surface area contributed by atoms with Gasteiger partial charge in [0.25, 0.3) is 10.1 Å². The normalized spacial score (nSPS) is 26.5. The molecule has 3 aliphatic rings. The lowest BCUT2D eigenvalue weighted by Crippen LogP contribution is -2.58. The van der Waals surface area contributed by atoms with Crippen LogP contribution in [0.15, 0.2) is 35.2 Å². The van der Waals surface area contributed by atoms with Crippen LogP contribution < -0.4 is 0 Å². The molecule has 2 bridgehead atoms. The summed E-state index contributed by atoms with van der Waals surface area (Å²) < 4.78 is 51.4. The Hall–Kier alpha value is -2.05. The fourth-order valence-electron chi connectivity index (χ4n) is 5.34. The van der Waals surface area contributed by atoms with Gasteiger partial charge >= 0.3 is 11.9 Å². The molecule has 3 saturated heterocycles. The molecular weight excluding hydrogens is 502 g/mol. The van der Waals surface area contributed by atoms with Gasteiger partial charge in [-0.15, -0.1) is 0 Å². The van der Waals surface area contributed by atoms with Gasteiger partial charge in [-0.2, -0.15) is 8.42 Å². The Morgan fingerprint density at radius 3 is 2.05 bits per heavy atom. The number of hydrogen-bond acceptors (Lipinski definition) is 9. The topological polar surface area (TPSA) is 129 Å². The Morgan fingerprint density at radius 1 is 0.946 bits per heavy atom. The summed E-state index contributed by atoms with van der Waals surface area (Å²) in [6.07, 6.45) is 5.50. The lowest BCUT2D eigenvalue weighted by molar-refractivity contribution is -0.161. The predicted octanol–water partition coefficient (Wildman–Crippen LogP) is 2.85. The van der Waals surface area contributed by atoms with Crippen LogP contribution in [0.2, 0.25) is 0 Å². The summed E-state index contributed by atoms with van der Waals surface area (Å²) in [6, 6.07) is 7.73. The molecule has 2 unspecified atom stereocenters. The minimum absolute atomic E-state index is 0.0741. The summed E-state index contributed by atoms with van der Waals surface area (Å²) in [7, 11) is -4.00. The van der Waals surface area contributed by atoms with Crippen LogP contribution in [-0.4, -0.2) is 87.1 Å². The molecule has 10 nitrogen and oxygen atoms in total. The molecule has 3 fully saturated rings. The molecule has 3 aliphatic heterocycles. The number of piperidine rings is 2. The van der Waals surface area contributed by atoms with Crippen molar-refractivity contribution in [1.82, 2.24) is 4.90 Å². The Balaban J connectivity index is 0.000000319. The van der Waals surface area contributed by atoms with Crippen molar-refractivity contribution in [3.63, 3.8) is 0 Å². The Bertz CT molecular complexity index is 950. The van der Waals surface area contributed by atoms with E-state index in [0.29, 0.717) is 19.8 Å². The number of hydrogen-bond donors (Lipinski definition) is 1. The van der Waals surface area contributed by atoms with Crippen molar-refractivity contribution >= 4 is 22.1 Å². The van der Waals surface area contributed by atoms with Gasteiger partial charge in [-0.3, -0.25) is 19.0 Å². The van der Waals surface area contributed by atoms with Crippen molar-refractivity contribution in [3.8, 4) is 0 Å². The number of nitrogens with zero attached hydrogens (tertiary/aromatic N) is 1. The number of rotatable bonds is 8. The maximum absolute atomic E-state index is 12.3. The monoisotopic (exact) mass is 541 g/mol. The minimum atomic E-state index is -4.00. The first-order chi connectivity index (χ1) is 17.7. The average molecular weight is 542 g/mol. The molecule has 0 aromatic heterocycles. The molecule has 37 heavy (non-hydrogen) atoms. The van der Waals surface area contributed by atoms with Gasteiger partial charge in [0.2, 0.25) is 0 Å². The smallest absolute Gasteiger partial charge is 0.320 e. The number of carbonyl (C=O) groups is 2. The maximum atomic E-state index is 12.3. The first-order valence-corrected chi connectivity index (χ1v) is 14.5. The van der Waals surface area contributed by atoms with Gasteiger partial charge in [0.1, 0.15) is 0 Å². The second-order valence-electron chi connectivity index (χ2n) is 9.53. The van der Waals surface area contributed by atoms with E-state index in [0.717, 1.165) is 51.7 Å². The average Bonchev–Trinajstić information content (AvgIpc) is 2.86. The molecule has 1 aromatic rings. The van der Waals surface area contributed by atoms with Crippen LogP contribution in [0.5, 0.6) is 0 Å². The van der Waals surface area contributed by atoms with Crippen molar-refractivity contribution < 1.29 is 41.5 Å². The van der Waals surface area contributed by atoms with Crippen LogP contribution >= 0.6 is 0 Å². The highest BCUT2D eigenvalue weighted by molar-refractivity contribution is 7.85. The van der Waals surface area contributed by atoms with Gasteiger partial charge in [-0.1, -0.05) is 18.2 Å². The van der Waals surface area contributed by atoms with Crippen molar-refractivity contribution in [2.75, 3.05) is 33.0 Å². The van der Waals surface area contributed by atoms with E-state index in [1.807, 2.05) is 13.8 Å². The van der Waals surface area contributed by atoms with Gasteiger partial charge in [0, 0.05) is 25.3 Å². The van der Waals surface area contributed by atoms with E-state index in [9.17, 15) is 18.0 Å². The van der Waals surface area contributed by atoms with Gasteiger partial charge < -0.3 is 18.9 Å². The largest absolute Gasteiger partial charge is 0.466 e. The Morgan fingerprint density at radius 2 is 1.54 bits per heavy atom. The number of ether oxygens (including phenoxy) is 4. The minimum Gasteiger partial charge on any atom is -0.466 e. The second kappa shape index (κ2) is 14.2. The first kappa shape index (κ1) is 29.5. The second-order valence-corrected chi connectivity index (χ2v) is 11.0. The highest BCUT2D eigenvalue weighted by Crippen LogP contribution is 2.39. The summed E-state index contributed by atoms with van der Waals surface area (Å²) in [5.74, 6) is -0.375. The fourth-order valence-corrected chi connectivity index (χ4v) is 5.84. The maximum Gasteiger partial charge on any atom is 0.320 e. The molecule has 3 heterocycles. The van der Waals surface area contributed by atoms with Crippen molar-refractivity contribution in [1.29, 1.82) is 0 Å². The quantitative estimate of drug-likeness (QED) is 0.387. The van der Waals surface area contributed by atoms with Crippen molar-refractivity contribution in [3.05, 3.63) is 30.3 Å². The third-order valence-electron chi connectivity index (χ3n) is 6.95. The van der Waals surface area contributed by atoms with E-state index in [4.69, 9.17) is 23.5 Å². The van der Waals surface area contributed by atoms with E-state index in [1.54, 1.807) is 18.2 Å². The lowest BCUT2D eigenvalue weighted by atomic mass is 9.77. The van der Waals surface area contributed by atoms with Crippen LogP contribution in [0.1, 0.15) is 52.4 Å². The highest BCUT2D eigenvalue weighted by Gasteiger charge is 2.45. The van der Waals surface area contributed by atoms with E-state index in [2.05, 4.69) is 4.90 Å². The molecule has 0 saturated carbocycles. The Labute approximate surface area is 219 Å². The van der Waals surface area contributed by atoms with Crippen LogP contribution in [0.3, 0.4) is 0 Å². The summed E-state index contributed by atoms with van der Waals surface area (Å²) in [4.78, 5) is 26.5. The SMILES string of the molecule is CCOC(=O)CN1C2CC(OC3CCOCC3)CC1CC(C(=O)OCC)C2.O=S(=O)(O)c1ccccc1. The molecule has 2 atom stereocenters. The fraction of sp³-hybridized carbons (Fsp3) is 0.692. The van der Waals surface area contributed by atoms with Gasteiger partial charge in [-0.05, 0) is 64.5 Å². The van der Waals surface area contributed by atoms with Crippen molar-refractivity contribution in [2.24, 2.45) is 5.92 Å². The molecule has 0 radical (unpaired) electrons. The molecular formula is C26H39NO9S. The van der Waals surface area contributed by atoms with E-state index >= 15 is 0 Å². The molecule has 1 N–H and O–H groups in total. The van der Waals surface area contributed by atoms with Gasteiger partial charge in [-0.25, -0.2) is 0 Å². The van der Waals surface area contributed by atoms with Crippen LogP contribution in [0.25, 0.3) is 0 Å². The van der Waals surface area contributed by atoms with Gasteiger partial charge in [0.15, 0.2) is 0 Å². The number of fused-ring (bicyclic) bond motifs is 2. The molecule has 0 spiro atoms. The summed E-state index contributed by atoms with van der Waals surface area (Å²) in [5, 5.41) is 0. The molecule has 11 heteroatoms. The number of esters is 2. The highest BCUT2D eigenvalue weighted by atomic mass is 32.2.